The average molecular weight is 380 g/mol. The van der Waals surface area contributed by atoms with Gasteiger partial charge in [0.15, 0.2) is 0 Å². The number of nitrogens with zero attached hydrogens (tertiary/aromatic N) is 2. The summed E-state index contributed by atoms with van der Waals surface area (Å²) in [5.41, 5.74) is 1.02. The van der Waals surface area contributed by atoms with Crippen LogP contribution in [0.3, 0.4) is 0 Å². The Balaban J connectivity index is 1.90. The molecular weight excluding hydrogens is 360 g/mol. The lowest BCUT2D eigenvalue weighted by Gasteiger charge is -2.24. The number of amides is 2. The van der Waals surface area contributed by atoms with Crippen LogP contribution in [0.1, 0.15) is 25.8 Å². The molecular formula is C21H20N2O3S. The summed E-state index contributed by atoms with van der Waals surface area (Å²) < 4.78 is 5.37. The fourth-order valence-electron chi connectivity index (χ4n) is 2.76. The van der Waals surface area contributed by atoms with Gasteiger partial charge in [0.05, 0.1) is 28.9 Å². The lowest BCUT2D eigenvalue weighted by Crippen LogP contribution is -2.33. The van der Waals surface area contributed by atoms with Crippen molar-refractivity contribution >= 4 is 28.8 Å². The quantitative estimate of drug-likeness (QED) is 0.569. The van der Waals surface area contributed by atoms with E-state index in [-0.39, 0.29) is 11.8 Å². The van der Waals surface area contributed by atoms with Gasteiger partial charge in [-0.25, -0.2) is 0 Å². The van der Waals surface area contributed by atoms with Gasteiger partial charge in [0.2, 0.25) is 0 Å². The largest absolute Gasteiger partial charge is 0.467 e. The molecule has 5 nitrogen and oxygen atoms in total. The molecule has 0 aliphatic rings. The van der Waals surface area contributed by atoms with Crippen molar-refractivity contribution in [2.24, 2.45) is 0 Å². The van der Waals surface area contributed by atoms with Crippen molar-refractivity contribution in [2.45, 2.75) is 6.54 Å². The topological polar surface area (TPSA) is 53.8 Å². The Labute approximate surface area is 162 Å². The Bertz CT molecular complexity index is 917. The maximum Gasteiger partial charge on any atom is 0.268 e. The highest BCUT2D eigenvalue weighted by atomic mass is 32.1. The number of hydrogen-bond acceptors (Lipinski definition) is 4. The minimum absolute atomic E-state index is 0.147. The van der Waals surface area contributed by atoms with E-state index in [1.54, 1.807) is 54.6 Å². The first-order chi connectivity index (χ1) is 13.1. The zero-order valence-electron chi connectivity index (χ0n) is 15.0. The standard InChI is InChI=1S/C21H20N2O3S/c1-3-12-23(15-16-8-6-13-26-16)20(24)17-9-4-5-10-18(17)22(2)21(25)19-11-7-14-27-19/h3-11,13-14H,1,12,15H2,2H3. The Morgan fingerprint density at radius 3 is 2.59 bits per heavy atom. The van der Waals surface area contributed by atoms with Crippen LogP contribution in [0.25, 0.3) is 0 Å². The van der Waals surface area contributed by atoms with Gasteiger partial charge in [0, 0.05) is 13.6 Å². The molecule has 0 aliphatic carbocycles. The molecule has 0 atom stereocenters. The van der Waals surface area contributed by atoms with E-state index in [9.17, 15) is 9.59 Å². The van der Waals surface area contributed by atoms with E-state index < -0.39 is 0 Å². The molecule has 138 valence electrons. The normalized spacial score (nSPS) is 10.4. The van der Waals surface area contributed by atoms with Crippen LogP contribution in [-0.2, 0) is 6.54 Å². The second-order valence-electron chi connectivity index (χ2n) is 5.91. The first-order valence-corrected chi connectivity index (χ1v) is 9.33. The minimum atomic E-state index is -0.187. The number of hydrogen-bond donors (Lipinski definition) is 0. The fraction of sp³-hybridized carbons (Fsp3) is 0.143. The van der Waals surface area contributed by atoms with Crippen molar-refractivity contribution in [1.82, 2.24) is 4.90 Å². The van der Waals surface area contributed by atoms with E-state index in [1.165, 1.54) is 16.2 Å². The van der Waals surface area contributed by atoms with Crippen molar-refractivity contribution in [3.63, 3.8) is 0 Å². The first-order valence-electron chi connectivity index (χ1n) is 8.45. The average Bonchev–Trinajstić information content (AvgIpc) is 3.40. The summed E-state index contributed by atoms with van der Waals surface area (Å²) in [5, 5.41) is 1.85. The number of benzene rings is 1. The second-order valence-corrected chi connectivity index (χ2v) is 6.86. The summed E-state index contributed by atoms with van der Waals surface area (Å²) in [6, 6.07) is 14.3. The number of para-hydroxylation sites is 1. The highest BCUT2D eigenvalue weighted by Crippen LogP contribution is 2.24. The summed E-state index contributed by atoms with van der Waals surface area (Å²) in [5.74, 6) is 0.352. The summed E-state index contributed by atoms with van der Waals surface area (Å²) in [6.07, 6.45) is 3.25. The van der Waals surface area contributed by atoms with E-state index in [4.69, 9.17) is 4.42 Å². The molecule has 0 bridgehead atoms. The van der Waals surface area contributed by atoms with E-state index in [0.717, 1.165) is 0 Å². The third-order valence-electron chi connectivity index (χ3n) is 4.10. The molecule has 3 aromatic rings. The van der Waals surface area contributed by atoms with Gasteiger partial charge in [0.1, 0.15) is 5.76 Å². The second kappa shape index (κ2) is 8.51. The predicted octanol–water partition coefficient (Wildman–Crippen LogP) is 4.45. The van der Waals surface area contributed by atoms with Crippen molar-refractivity contribution in [1.29, 1.82) is 0 Å². The van der Waals surface area contributed by atoms with Gasteiger partial charge in [-0.1, -0.05) is 24.3 Å². The van der Waals surface area contributed by atoms with Gasteiger partial charge in [0.25, 0.3) is 11.8 Å². The third-order valence-corrected chi connectivity index (χ3v) is 4.95. The Kier molecular flexibility index (Phi) is 5.88. The molecule has 1 aromatic carbocycles. The summed E-state index contributed by atoms with van der Waals surface area (Å²) in [4.78, 5) is 29.7. The maximum atomic E-state index is 13.2. The van der Waals surface area contributed by atoms with Crippen LogP contribution in [0.15, 0.2) is 77.2 Å². The molecule has 0 aliphatic heterocycles. The smallest absolute Gasteiger partial charge is 0.268 e. The number of anilines is 1. The molecule has 27 heavy (non-hydrogen) atoms. The summed E-state index contributed by atoms with van der Waals surface area (Å²) in [6.45, 7) is 4.44. The summed E-state index contributed by atoms with van der Waals surface area (Å²) in [7, 11) is 1.68. The fourth-order valence-corrected chi connectivity index (χ4v) is 3.46. The Morgan fingerprint density at radius 1 is 1.11 bits per heavy atom. The van der Waals surface area contributed by atoms with Crippen LogP contribution in [0.2, 0.25) is 0 Å². The van der Waals surface area contributed by atoms with E-state index in [2.05, 4.69) is 6.58 Å². The van der Waals surface area contributed by atoms with Crippen LogP contribution >= 0.6 is 11.3 Å². The van der Waals surface area contributed by atoms with Crippen molar-refractivity contribution in [3.05, 3.63) is 89.0 Å². The highest BCUT2D eigenvalue weighted by molar-refractivity contribution is 7.12. The van der Waals surface area contributed by atoms with Gasteiger partial charge >= 0.3 is 0 Å². The van der Waals surface area contributed by atoms with Crippen molar-refractivity contribution in [2.75, 3.05) is 18.5 Å². The van der Waals surface area contributed by atoms with Gasteiger partial charge in [-0.3, -0.25) is 9.59 Å². The first kappa shape index (κ1) is 18.7. The zero-order chi connectivity index (χ0) is 19.2. The van der Waals surface area contributed by atoms with Gasteiger partial charge < -0.3 is 14.2 Å². The Hall–Kier alpha value is -3.12. The number of carbonyl (C=O) groups is 2. The number of rotatable bonds is 7. The number of carbonyl (C=O) groups excluding carboxylic acids is 2. The van der Waals surface area contributed by atoms with E-state index in [1.807, 2.05) is 23.6 Å². The van der Waals surface area contributed by atoms with Gasteiger partial charge in [-0.05, 0) is 35.7 Å². The monoisotopic (exact) mass is 380 g/mol. The molecule has 6 heteroatoms. The van der Waals surface area contributed by atoms with Crippen molar-refractivity contribution < 1.29 is 14.0 Å². The lowest BCUT2D eigenvalue weighted by atomic mass is 10.1. The van der Waals surface area contributed by atoms with E-state index in [0.29, 0.717) is 35.0 Å². The number of thiophene rings is 1. The van der Waals surface area contributed by atoms with Crippen LogP contribution in [0.5, 0.6) is 0 Å². The number of furan rings is 1. The Morgan fingerprint density at radius 2 is 1.93 bits per heavy atom. The predicted molar refractivity (Wildman–Crippen MR) is 107 cm³/mol. The molecule has 0 fully saturated rings. The van der Waals surface area contributed by atoms with Gasteiger partial charge in [-0.15, -0.1) is 17.9 Å². The van der Waals surface area contributed by atoms with Crippen molar-refractivity contribution in [3.8, 4) is 0 Å². The van der Waals surface area contributed by atoms with Gasteiger partial charge in [-0.2, -0.15) is 0 Å². The van der Waals surface area contributed by atoms with Crippen LogP contribution < -0.4 is 4.90 Å². The minimum Gasteiger partial charge on any atom is -0.467 e. The van der Waals surface area contributed by atoms with E-state index >= 15 is 0 Å². The molecule has 0 radical (unpaired) electrons. The lowest BCUT2D eigenvalue weighted by molar-refractivity contribution is 0.0752. The molecule has 2 aromatic heterocycles. The molecule has 0 spiro atoms. The molecule has 3 rings (SSSR count). The zero-order valence-corrected chi connectivity index (χ0v) is 15.8. The van der Waals surface area contributed by atoms with Crippen LogP contribution in [0, 0.1) is 0 Å². The molecule has 0 N–H and O–H groups in total. The maximum absolute atomic E-state index is 13.2. The van der Waals surface area contributed by atoms with Crippen LogP contribution in [0.4, 0.5) is 5.69 Å². The molecule has 0 saturated carbocycles. The third kappa shape index (κ3) is 4.17. The molecule has 2 heterocycles. The molecule has 0 unspecified atom stereocenters. The molecule has 2 amide bonds. The molecule has 0 saturated heterocycles. The highest BCUT2D eigenvalue weighted by Gasteiger charge is 2.23. The SMILES string of the molecule is C=CCN(Cc1ccco1)C(=O)c1ccccc1N(C)C(=O)c1cccs1. The van der Waals surface area contributed by atoms with Crippen LogP contribution in [-0.4, -0.2) is 30.3 Å². The summed E-state index contributed by atoms with van der Waals surface area (Å²) >= 11 is 1.37.